The van der Waals surface area contributed by atoms with Gasteiger partial charge in [-0.3, -0.25) is 0 Å². The van der Waals surface area contributed by atoms with Gasteiger partial charge in [0.15, 0.2) is 0 Å². The topological polar surface area (TPSA) is 48.8 Å². The molecule has 3 nitrogen and oxygen atoms in total. The predicted molar refractivity (Wildman–Crippen MR) is 71.7 cm³/mol. The van der Waals surface area contributed by atoms with Crippen molar-refractivity contribution in [3.63, 3.8) is 0 Å². The molecule has 2 rings (SSSR count). The maximum atomic E-state index is 8.98. The smallest absolute Gasteiger partial charge is 0.124 e. The van der Waals surface area contributed by atoms with Gasteiger partial charge < -0.3 is 9.72 Å². The zero-order valence-electron chi connectivity index (χ0n) is 11.1. The lowest BCUT2D eigenvalue weighted by Crippen LogP contribution is -1.92. The van der Waals surface area contributed by atoms with E-state index in [1.54, 1.807) is 7.11 Å². The Morgan fingerprint density at radius 1 is 1.11 bits per heavy atom. The number of nitriles is 1. The van der Waals surface area contributed by atoms with E-state index in [4.69, 9.17) is 10.00 Å². The van der Waals surface area contributed by atoms with Crippen molar-refractivity contribution in [2.24, 2.45) is 0 Å². The van der Waals surface area contributed by atoms with E-state index in [0.717, 1.165) is 33.8 Å². The number of aromatic nitrogens is 1. The molecule has 0 aliphatic heterocycles. The minimum Gasteiger partial charge on any atom is -0.496 e. The lowest BCUT2D eigenvalue weighted by atomic mass is 10.0. The van der Waals surface area contributed by atoms with Gasteiger partial charge in [0, 0.05) is 11.4 Å². The number of hydrogen-bond donors (Lipinski definition) is 1. The van der Waals surface area contributed by atoms with Gasteiger partial charge in [-0.1, -0.05) is 0 Å². The number of methoxy groups -OCH3 is 1. The standard InChI is InChI=1S/C15H16N2O/c1-9-5-12(6-10(2)15(9)18-4)14-7-13(8-16)11(3)17-14/h5-7,17H,1-4H3. The highest BCUT2D eigenvalue weighted by Gasteiger charge is 2.10. The number of nitrogens with zero attached hydrogens (tertiary/aromatic N) is 1. The Balaban J connectivity index is 2.55. The molecule has 1 aromatic carbocycles. The van der Waals surface area contributed by atoms with Crippen LogP contribution in [0.4, 0.5) is 0 Å². The molecule has 2 aromatic rings. The number of ether oxygens (including phenoxy) is 1. The van der Waals surface area contributed by atoms with Crippen LogP contribution in [0.1, 0.15) is 22.4 Å². The van der Waals surface area contributed by atoms with E-state index >= 15 is 0 Å². The van der Waals surface area contributed by atoms with Crippen LogP contribution in [-0.2, 0) is 0 Å². The molecule has 0 fully saturated rings. The van der Waals surface area contributed by atoms with E-state index in [1.165, 1.54) is 0 Å². The van der Waals surface area contributed by atoms with Crippen molar-refractivity contribution >= 4 is 0 Å². The fraction of sp³-hybridized carbons (Fsp3) is 0.267. The van der Waals surface area contributed by atoms with Crippen LogP contribution in [0.2, 0.25) is 0 Å². The number of aromatic amines is 1. The number of benzene rings is 1. The lowest BCUT2D eigenvalue weighted by Gasteiger charge is -2.10. The van der Waals surface area contributed by atoms with Crippen LogP contribution in [0.3, 0.4) is 0 Å². The summed E-state index contributed by atoms with van der Waals surface area (Å²) in [4.78, 5) is 3.24. The summed E-state index contributed by atoms with van der Waals surface area (Å²) >= 11 is 0. The first kappa shape index (κ1) is 12.3. The molecule has 0 unspecified atom stereocenters. The maximum absolute atomic E-state index is 8.98. The lowest BCUT2D eigenvalue weighted by molar-refractivity contribution is 0.408. The summed E-state index contributed by atoms with van der Waals surface area (Å²) in [5, 5.41) is 8.98. The van der Waals surface area contributed by atoms with Crippen LogP contribution >= 0.6 is 0 Å². The second-order valence-electron chi connectivity index (χ2n) is 4.48. The van der Waals surface area contributed by atoms with E-state index in [0.29, 0.717) is 5.56 Å². The molecule has 0 radical (unpaired) electrons. The number of aryl methyl sites for hydroxylation is 3. The molecule has 0 spiro atoms. The van der Waals surface area contributed by atoms with Gasteiger partial charge >= 0.3 is 0 Å². The molecule has 18 heavy (non-hydrogen) atoms. The van der Waals surface area contributed by atoms with E-state index < -0.39 is 0 Å². The number of H-pyrrole nitrogens is 1. The highest BCUT2D eigenvalue weighted by atomic mass is 16.5. The van der Waals surface area contributed by atoms with Gasteiger partial charge in [0.1, 0.15) is 11.8 Å². The molecule has 0 aliphatic carbocycles. The minimum absolute atomic E-state index is 0.691. The summed E-state index contributed by atoms with van der Waals surface area (Å²) in [5.41, 5.74) is 5.83. The summed E-state index contributed by atoms with van der Waals surface area (Å²) in [6, 6.07) is 8.20. The van der Waals surface area contributed by atoms with Crippen molar-refractivity contribution in [2.75, 3.05) is 7.11 Å². The number of rotatable bonds is 2. The average Bonchev–Trinajstić information content (AvgIpc) is 2.70. The first-order chi connectivity index (χ1) is 8.56. The van der Waals surface area contributed by atoms with Gasteiger partial charge in [-0.25, -0.2) is 0 Å². The molecule has 0 amide bonds. The van der Waals surface area contributed by atoms with Crippen molar-refractivity contribution in [3.8, 4) is 23.1 Å². The summed E-state index contributed by atoms with van der Waals surface area (Å²) in [5.74, 6) is 0.919. The van der Waals surface area contributed by atoms with E-state index in [9.17, 15) is 0 Å². The third-order valence-corrected chi connectivity index (χ3v) is 3.11. The van der Waals surface area contributed by atoms with E-state index in [1.807, 2.05) is 26.8 Å². The third kappa shape index (κ3) is 1.98. The van der Waals surface area contributed by atoms with E-state index in [2.05, 4.69) is 23.2 Å². The highest BCUT2D eigenvalue weighted by molar-refractivity contribution is 5.66. The number of nitrogens with one attached hydrogen (secondary N) is 1. The molecule has 92 valence electrons. The SMILES string of the molecule is COc1c(C)cc(-c2cc(C#N)c(C)[nH]2)cc1C. The minimum atomic E-state index is 0.691. The first-order valence-electron chi connectivity index (χ1n) is 5.82. The fourth-order valence-corrected chi connectivity index (χ4v) is 2.26. The second kappa shape index (κ2) is 4.58. The van der Waals surface area contributed by atoms with Gasteiger partial charge in [-0.05, 0) is 55.7 Å². The summed E-state index contributed by atoms with van der Waals surface area (Å²) in [6.45, 7) is 5.96. The average molecular weight is 240 g/mol. The fourth-order valence-electron chi connectivity index (χ4n) is 2.26. The molecule has 0 saturated carbocycles. The van der Waals surface area contributed by atoms with Gasteiger partial charge in [0.05, 0.1) is 12.7 Å². The molecule has 0 bridgehead atoms. The summed E-state index contributed by atoms with van der Waals surface area (Å²) < 4.78 is 5.35. The normalized spacial score (nSPS) is 10.2. The van der Waals surface area contributed by atoms with Crippen molar-refractivity contribution in [1.29, 1.82) is 5.26 Å². The Morgan fingerprint density at radius 3 is 2.17 bits per heavy atom. The molecular formula is C15H16N2O. The Bertz CT molecular complexity index is 609. The Kier molecular flexibility index (Phi) is 3.12. The van der Waals surface area contributed by atoms with Crippen molar-refractivity contribution < 1.29 is 4.74 Å². The van der Waals surface area contributed by atoms with Crippen molar-refractivity contribution in [2.45, 2.75) is 20.8 Å². The van der Waals surface area contributed by atoms with Gasteiger partial charge in [-0.2, -0.15) is 5.26 Å². The predicted octanol–water partition coefficient (Wildman–Crippen LogP) is 3.49. The van der Waals surface area contributed by atoms with Gasteiger partial charge in [0.25, 0.3) is 0 Å². The molecule has 0 aliphatic rings. The molecule has 0 saturated heterocycles. The monoisotopic (exact) mass is 240 g/mol. The molecule has 1 heterocycles. The molecule has 0 atom stereocenters. The van der Waals surface area contributed by atoms with Crippen molar-refractivity contribution in [1.82, 2.24) is 4.98 Å². The summed E-state index contributed by atoms with van der Waals surface area (Å²) in [7, 11) is 1.68. The zero-order valence-corrected chi connectivity index (χ0v) is 11.1. The van der Waals surface area contributed by atoms with E-state index in [-0.39, 0.29) is 0 Å². The first-order valence-corrected chi connectivity index (χ1v) is 5.82. The molecule has 1 aromatic heterocycles. The van der Waals surface area contributed by atoms with Crippen LogP contribution in [0.15, 0.2) is 18.2 Å². The van der Waals surface area contributed by atoms with Crippen LogP contribution in [0.5, 0.6) is 5.75 Å². The quantitative estimate of drug-likeness (QED) is 0.873. The number of hydrogen-bond acceptors (Lipinski definition) is 2. The third-order valence-electron chi connectivity index (χ3n) is 3.11. The second-order valence-corrected chi connectivity index (χ2v) is 4.48. The summed E-state index contributed by atoms with van der Waals surface area (Å²) in [6.07, 6.45) is 0. The molecule has 1 N–H and O–H groups in total. The van der Waals surface area contributed by atoms with Gasteiger partial charge in [-0.15, -0.1) is 0 Å². The largest absolute Gasteiger partial charge is 0.496 e. The highest BCUT2D eigenvalue weighted by Crippen LogP contribution is 2.30. The molecule has 3 heteroatoms. The Hall–Kier alpha value is -2.21. The Morgan fingerprint density at radius 2 is 1.72 bits per heavy atom. The Labute approximate surface area is 107 Å². The maximum Gasteiger partial charge on any atom is 0.124 e. The van der Waals surface area contributed by atoms with Crippen molar-refractivity contribution in [3.05, 3.63) is 40.6 Å². The van der Waals surface area contributed by atoms with Crippen LogP contribution in [0, 0.1) is 32.1 Å². The van der Waals surface area contributed by atoms with Crippen LogP contribution in [-0.4, -0.2) is 12.1 Å². The van der Waals surface area contributed by atoms with Crippen LogP contribution in [0.25, 0.3) is 11.3 Å². The zero-order chi connectivity index (χ0) is 13.3. The molecular weight excluding hydrogens is 224 g/mol. The van der Waals surface area contributed by atoms with Gasteiger partial charge in [0.2, 0.25) is 0 Å². The van der Waals surface area contributed by atoms with Crippen LogP contribution < -0.4 is 4.74 Å².